The summed E-state index contributed by atoms with van der Waals surface area (Å²) in [7, 11) is 0. The van der Waals surface area contributed by atoms with Crippen molar-refractivity contribution in [2.75, 3.05) is 5.32 Å². The quantitative estimate of drug-likeness (QED) is 0.697. The number of amides is 1. The molecule has 0 radical (unpaired) electrons. The highest BCUT2D eigenvalue weighted by molar-refractivity contribution is 7.10. The molecule has 1 unspecified atom stereocenters. The zero-order chi connectivity index (χ0) is 19.2. The molecule has 0 saturated carbocycles. The Hall–Kier alpha value is -3.24. The van der Waals surface area contributed by atoms with Crippen LogP contribution in [0.25, 0.3) is 11.4 Å². The Bertz CT molecular complexity index is 963. The molecular formula is C20H18N4O2S. The number of ether oxygens (including phenoxy) is 1. The average molecular weight is 378 g/mol. The first-order valence-electron chi connectivity index (χ1n) is 8.44. The van der Waals surface area contributed by atoms with Crippen molar-refractivity contribution in [2.45, 2.75) is 20.0 Å². The maximum Gasteiger partial charge on any atom is 0.267 e. The number of benzene rings is 2. The molecule has 0 aliphatic heterocycles. The molecule has 0 bridgehead atoms. The summed E-state index contributed by atoms with van der Waals surface area (Å²) in [4.78, 5) is 17.1. The highest BCUT2D eigenvalue weighted by Crippen LogP contribution is 2.24. The molecule has 0 fully saturated rings. The third kappa shape index (κ3) is 4.49. The van der Waals surface area contributed by atoms with Crippen molar-refractivity contribution in [3.63, 3.8) is 0 Å². The Kier molecular flexibility index (Phi) is 5.79. The maximum atomic E-state index is 12.7. The van der Waals surface area contributed by atoms with Crippen molar-refractivity contribution in [3.8, 4) is 23.2 Å². The summed E-state index contributed by atoms with van der Waals surface area (Å²) in [5.41, 5.74) is 1.27. The second-order valence-corrected chi connectivity index (χ2v) is 6.92. The van der Waals surface area contributed by atoms with E-state index in [1.807, 2.05) is 44.2 Å². The van der Waals surface area contributed by atoms with Gasteiger partial charge in [0.05, 0.1) is 5.56 Å². The highest BCUT2D eigenvalue weighted by atomic mass is 32.1. The fourth-order valence-corrected chi connectivity index (χ4v) is 3.04. The molecule has 0 aliphatic carbocycles. The Labute approximate surface area is 161 Å². The van der Waals surface area contributed by atoms with Gasteiger partial charge in [0.25, 0.3) is 5.91 Å². The molecule has 1 atom stereocenters. The maximum absolute atomic E-state index is 12.7. The SMILES string of the molecule is CC(C)C(Oc1ccccc1C#N)C(=O)Nc1nc(-c2ccccc2)ns1. The van der Waals surface area contributed by atoms with Gasteiger partial charge in [0.1, 0.15) is 11.8 Å². The van der Waals surface area contributed by atoms with E-state index < -0.39 is 6.10 Å². The largest absolute Gasteiger partial charge is 0.479 e. The summed E-state index contributed by atoms with van der Waals surface area (Å²) in [6, 6.07) is 18.5. The van der Waals surface area contributed by atoms with Gasteiger partial charge in [0.15, 0.2) is 11.9 Å². The van der Waals surface area contributed by atoms with Gasteiger partial charge >= 0.3 is 0 Å². The van der Waals surface area contributed by atoms with Crippen LogP contribution in [0.15, 0.2) is 54.6 Å². The summed E-state index contributed by atoms with van der Waals surface area (Å²) < 4.78 is 10.1. The van der Waals surface area contributed by atoms with Gasteiger partial charge in [0.2, 0.25) is 5.13 Å². The van der Waals surface area contributed by atoms with E-state index in [1.54, 1.807) is 24.3 Å². The van der Waals surface area contributed by atoms with E-state index in [-0.39, 0.29) is 11.8 Å². The summed E-state index contributed by atoms with van der Waals surface area (Å²) in [5.74, 6) is 0.524. The molecule has 6 nitrogen and oxygen atoms in total. The van der Waals surface area contributed by atoms with Crippen molar-refractivity contribution in [1.29, 1.82) is 5.26 Å². The topological polar surface area (TPSA) is 87.9 Å². The monoisotopic (exact) mass is 378 g/mol. The zero-order valence-corrected chi connectivity index (χ0v) is 15.7. The number of nitrogens with one attached hydrogen (secondary N) is 1. The molecule has 3 rings (SSSR count). The number of anilines is 1. The minimum Gasteiger partial charge on any atom is -0.479 e. The van der Waals surface area contributed by atoms with Gasteiger partial charge in [-0.2, -0.15) is 14.6 Å². The highest BCUT2D eigenvalue weighted by Gasteiger charge is 2.26. The van der Waals surface area contributed by atoms with Gasteiger partial charge in [-0.25, -0.2) is 0 Å². The minimum absolute atomic E-state index is 0.0988. The van der Waals surface area contributed by atoms with E-state index in [4.69, 9.17) is 4.74 Å². The Balaban J connectivity index is 1.75. The van der Waals surface area contributed by atoms with Gasteiger partial charge < -0.3 is 4.74 Å². The molecule has 7 heteroatoms. The van der Waals surface area contributed by atoms with Crippen LogP contribution in [0.1, 0.15) is 19.4 Å². The number of aromatic nitrogens is 2. The molecule has 0 saturated heterocycles. The summed E-state index contributed by atoms with van der Waals surface area (Å²) in [5, 5.41) is 12.4. The van der Waals surface area contributed by atoms with Gasteiger partial charge in [0, 0.05) is 17.1 Å². The predicted octanol–water partition coefficient (Wildman–Crippen LogP) is 4.12. The molecule has 2 aromatic carbocycles. The number of hydrogen-bond donors (Lipinski definition) is 1. The Morgan fingerprint density at radius 1 is 1.15 bits per heavy atom. The molecule has 1 heterocycles. The first-order valence-corrected chi connectivity index (χ1v) is 9.21. The number of para-hydroxylation sites is 1. The number of nitrogens with zero attached hydrogens (tertiary/aromatic N) is 3. The van der Waals surface area contributed by atoms with E-state index in [9.17, 15) is 10.1 Å². The number of carbonyl (C=O) groups is 1. The Morgan fingerprint density at radius 2 is 1.85 bits per heavy atom. The molecule has 1 amide bonds. The van der Waals surface area contributed by atoms with Crippen molar-refractivity contribution in [1.82, 2.24) is 9.36 Å². The normalized spacial score (nSPS) is 11.6. The molecule has 3 aromatic rings. The van der Waals surface area contributed by atoms with E-state index in [0.717, 1.165) is 17.1 Å². The van der Waals surface area contributed by atoms with E-state index in [2.05, 4.69) is 20.7 Å². The van der Waals surface area contributed by atoms with E-state index in [1.165, 1.54) is 0 Å². The van der Waals surface area contributed by atoms with Crippen LogP contribution in [0.5, 0.6) is 5.75 Å². The third-order valence-electron chi connectivity index (χ3n) is 3.81. The number of hydrogen-bond acceptors (Lipinski definition) is 6. The number of nitriles is 1. The van der Waals surface area contributed by atoms with Crippen molar-refractivity contribution in [2.24, 2.45) is 5.92 Å². The number of carbonyl (C=O) groups excluding carboxylic acids is 1. The summed E-state index contributed by atoms with van der Waals surface area (Å²) in [6.45, 7) is 3.77. The van der Waals surface area contributed by atoms with E-state index in [0.29, 0.717) is 22.3 Å². The van der Waals surface area contributed by atoms with Gasteiger partial charge in [-0.1, -0.05) is 56.3 Å². The number of rotatable bonds is 6. The second-order valence-electron chi connectivity index (χ2n) is 6.17. The molecule has 0 aliphatic rings. The fourth-order valence-electron chi connectivity index (χ4n) is 2.45. The lowest BCUT2D eigenvalue weighted by Gasteiger charge is -2.21. The van der Waals surface area contributed by atoms with Crippen molar-refractivity contribution in [3.05, 3.63) is 60.2 Å². The van der Waals surface area contributed by atoms with Crippen LogP contribution in [0, 0.1) is 17.2 Å². The molecular weight excluding hydrogens is 360 g/mol. The first-order chi connectivity index (χ1) is 13.1. The molecule has 27 heavy (non-hydrogen) atoms. The summed E-state index contributed by atoms with van der Waals surface area (Å²) >= 11 is 1.11. The average Bonchev–Trinajstić information content (AvgIpc) is 3.15. The molecule has 0 spiro atoms. The summed E-state index contributed by atoms with van der Waals surface area (Å²) in [6.07, 6.45) is -0.761. The van der Waals surface area contributed by atoms with Crippen molar-refractivity contribution >= 4 is 22.6 Å². The van der Waals surface area contributed by atoms with Gasteiger partial charge in [-0.15, -0.1) is 0 Å². The smallest absolute Gasteiger partial charge is 0.267 e. The van der Waals surface area contributed by atoms with Crippen LogP contribution in [0.4, 0.5) is 5.13 Å². The van der Waals surface area contributed by atoms with Crippen LogP contribution < -0.4 is 10.1 Å². The molecule has 1 N–H and O–H groups in total. The predicted molar refractivity (Wildman–Crippen MR) is 104 cm³/mol. The Morgan fingerprint density at radius 3 is 2.56 bits per heavy atom. The first kappa shape index (κ1) is 18.5. The second kappa shape index (κ2) is 8.43. The van der Waals surface area contributed by atoms with Crippen LogP contribution in [0.3, 0.4) is 0 Å². The lowest BCUT2D eigenvalue weighted by molar-refractivity contribution is -0.124. The van der Waals surface area contributed by atoms with Crippen LogP contribution in [0.2, 0.25) is 0 Å². The van der Waals surface area contributed by atoms with Crippen LogP contribution >= 0.6 is 11.5 Å². The van der Waals surface area contributed by atoms with E-state index >= 15 is 0 Å². The molecule has 1 aromatic heterocycles. The molecule has 136 valence electrons. The van der Waals surface area contributed by atoms with Gasteiger partial charge in [-0.05, 0) is 18.1 Å². The zero-order valence-electron chi connectivity index (χ0n) is 14.9. The van der Waals surface area contributed by atoms with Crippen LogP contribution in [-0.2, 0) is 4.79 Å². The lowest BCUT2D eigenvalue weighted by Crippen LogP contribution is -2.37. The van der Waals surface area contributed by atoms with Crippen molar-refractivity contribution < 1.29 is 9.53 Å². The fraction of sp³-hybridized carbons (Fsp3) is 0.200. The third-order valence-corrected chi connectivity index (χ3v) is 4.44. The lowest BCUT2D eigenvalue weighted by atomic mass is 10.1. The van der Waals surface area contributed by atoms with Gasteiger partial charge in [-0.3, -0.25) is 10.1 Å². The minimum atomic E-state index is -0.761. The van der Waals surface area contributed by atoms with Crippen LogP contribution in [-0.4, -0.2) is 21.4 Å². The standard InChI is InChI=1S/C20H18N4O2S/c1-13(2)17(26-16-11-7-6-10-15(16)12-21)19(25)23-20-22-18(24-27-20)14-8-4-3-5-9-14/h3-11,13,17H,1-2H3,(H,22,23,24,25).